The lowest BCUT2D eigenvalue weighted by Gasteiger charge is -2.13. The van der Waals surface area contributed by atoms with E-state index in [0.717, 1.165) is 12.0 Å². The van der Waals surface area contributed by atoms with Crippen molar-refractivity contribution in [3.8, 4) is 5.69 Å². The molecule has 0 saturated carbocycles. The van der Waals surface area contributed by atoms with Gasteiger partial charge in [0.1, 0.15) is 5.69 Å². The number of aromatic carboxylic acids is 1. The number of primary amides is 1. The normalized spacial score (nSPS) is 13.1. The molecule has 154 valence electrons. The molecule has 1 aliphatic rings. The number of nitrogens with two attached hydrogens (primary N) is 1. The molecule has 3 aromatic rings. The molecule has 0 bridgehead atoms. The number of nitrogens with one attached hydrogen (secondary N) is 1. The van der Waals surface area contributed by atoms with E-state index < -0.39 is 21.9 Å². The second-order valence-corrected chi connectivity index (χ2v) is 8.58. The number of fused-ring (bicyclic) bond motifs is 1. The monoisotopic (exact) mass is 426 g/mol. The Morgan fingerprint density at radius 2 is 1.83 bits per heavy atom. The average molecular weight is 426 g/mol. The number of rotatable bonds is 6. The van der Waals surface area contributed by atoms with E-state index in [9.17, 15) is 23.1 Å². The Hall–Kier alpha value is -3.66. The van der Waals surface area contributed by atoms with Gasteiger partial charge in [-0.25, -0.2) is 17.9 Å². The molecular formula is C20H18N4O5S. The molecule has 1 aliphatic carbocycles. The van der Waals surface area contributed by atoms with Crippen molar-refractivity contribution in [1.29, 1.82) is 0 Å². The molecule has 4 N–H and O–H groups in total. The predicted molar refractivity (Wildman–Crippen MR) is 108 cm³/mol. The van der Waals surface area contributed by atoms with Crippen LogP contribution in [0.4, 0.5) is 5.69 Å². The number of aryl methyl sites for hydroxylation is 1. The summed E-state index contributed by atoms with van der Waals surface area (Å²) in [6, 6.07) is 10.6. The van der Waals surface area contributed by atoms with Crippen LogP contribution < -0.4 is 10.5 Å². The highest BCUT2D eigenvalue weighted by molar-refractivity contribution is 7.92. The molecule has 4 rings (SSSR count). The zero-order valence-electron chi connectivity index (χ0n) is 15.7. The number of hydrogen-bond acceptors (Lipinski definition) is 5. The Morgan fingerprint density at radius 3 is 2.47 bits per heavy atom. The number of sulfonamides is 1. The third kappa shape index (κ3) is 3.64. The Bertz CT molecular complexity index is 1260. The van der Waals surface area contributed by atoms with Gasteiger partial charge in [0.15, 0.2) is 0 Å². The van der Waals surface area contributed by atoms with E-state index in [1.54, 1.807) is 36.5 Å². The third-order valence-corrected chi connectivity index (χ3v) is 6.38. The van der Waals surface area contributed by atoms with Crippen LogP contribution in [-0.4, -0.2) is 35.2 Å². The SMILES string of the molecule is NC(=O)c1ccn(-c2ccc(NS(=O)(=O)c3cc(C(=O)O)cc4c3CCC4)cc2)n1. The standard InChI is InChI=1S/C20H18N4O5S/c21-19(25)17-8-9-24(22-17)15-6-4-14(5-7-15)23-30(28,29)18-11-13(20(26)27)10-12-2-1-3-16(12)18/h4-11,23H,1-3H2,(H2,21,25)(H,26,27). The first-order valence-corrected chi connectivity index (χ1v) is 10.6. The zero-order valence-corrected chi connectivity index (χ0v) is 16.5. The van der Waals surface area contributed by atoms with Crippen LogP contribution in [0.5, 0.6) is 0 Å². The summed E-state index contributed by atoms with van der Waals surface area (Å²) in [6.45, 7) is 0. The van der Waals surface area contributed by atoms with Crippen LogP contribution in [0.25, 0.3) is 5.69 Å². The molecular weight excluding hydrogens is 408 g/mol. The second kappa shape index (κ2) is 7.30. The highest BCUT2D eigenvalue weighted by atomic mass is 32.2. The van der Waals surface area contributed by atoms with Crippen molar-refractivity contribution in [2.24, 2.45) is 5.73 Å². The van der Waals surface area contributed by atoms with Gasteiger partial charge >= 0.3 is 5.97 Å². The summed E-state index contributed by atoms with van der Waals surface area (Å²) >= 11 is 0. The number of nitrogens with zero attached hydrogens (tertiary/aromatic N) is 2. The number of benzene rings is 2. The molecule has 0 saturated heterocycles. The lowest BCUT2D eigenvalue weighted by molar-refractivity contribution is 0.0696. The molecule has 1 heterocycles. The summed E-state index contributed by atoms with van der Waals surface area (Å²) in [4.78, 5) is 22.6. The number of anilines is 1. The first-order valence-electron chi connectivity index (χ1n) is 9.12. The van der Waals surface area contributed by atoms with E-state index in [1.165, 1.54) is 16.8 Å². The van der Waals surface area contributed by atoms with Crippen LogP contribution in [0.2, 0.25) is 0 Å². The van der Waals surface area contributed by atoms with E-state index in [-0.39, 0.29) is 16.2 Å². The number of carboxylic acids is 1. The fraction of sp³-hybridized carbons (Fsp3) is 0.150. The minimum atomic E-state index is -3.98. The van der Waals surface area contributed by atoms with E-state index >= 15 is 0 Å². The summed E-state index contributed by atoms with van der Waals surface area (Å²) < 4.78 is 29.9. The third-order valence-electron chi connectivity index (χ3n) is 4.94. The van der Waals surface area contributed by atoms with Crippen LogP contribution in [0.15, 0.2) is 53.6 Å². The van der Waals surface area contributed by atoms with Gasteiger partial charge in [0.05, 0.1) is 16.1 Å². The molecule has 0 fully saturated rings. The number of carbonyl (C=O) groups excluding carboxylic acids is 1. The molecule has 2 aromatic carbocycles. The van der Waals surface area contributed by atoms with Gasteiger partial charge in [0, 0.05) is 11.9 Å². The van der Waals surface area contributed by atoms with Gasteiger partial charge < -0.3 is 10.8 Å². The van der Waals surface area contributed by atoms with Crippen molar-refractivity contribution in [1.82, 2.24) is 9.78 Å². The highest BCUT2D eigenvalue weighted by Gasteiger charge is 2.26. The minimum Gasteiger partial charge on any atom is -0.478 e. The van der Waals surface area contributed by atoms with E-state index in [4.69, 9.17) is 5.73 Å². The Labute approximate surface area is 172 Å². The largest absolute Gasteiger partial charge is 0.478 e. The first-order chi connectivity index (χ1) is 14.2. The maximum Gasteiger partial charge on any atom is 0.335 e. The molecule has 9 nitrogen and oxygen atoms in total. The maximum atomic E-state index is 13.0. The smallest absolute Gasteiger partial charge is 0.335 e. The first kappa shape index (κ1) is 19.6. The van der Waals surface area contributed by atoms with E-state index in [0.29, 0.717) is 29.8 Å². The van der Waals surface area contributed by atoms with Crippen molar-refractivity contribution in [2.75, 3.05) is 4.72 Å². The minimum absolute atomic E-state index is 0.00264. The van der Waals surface area contributed by atoms with Gasteiger partial charge in [-0.05, 0) is 72.9 Å². The van der Waals surface area contributed by atoms with Crippen LogP contribution in [0.3, 0.4) is 0 Å². The fourth-order valence-electron chi connectivity index (χ4n) is 3.52. The van der Waals surface area contributed by atoms with Gasteiger partial charge in [-0.3, -0.25) is 9.52 Å². The zero-order chi connectivity index (χ0) is 21.5. The summed E-state index contributed by atoms with van der Waals surface area (Å²) in [5, 5.41) is 13.4. The summed E-state index contributed by atoms with van der Waals surface area (Å²) in [5.41, 5.74) is 7.61. The molecule has 1 aromatic heterocycles. The molecule has 10 heteroatoms. The molecule has 0 aliphatic heterocycles. The number of carboxylic acid groups (broad SMARTS) is 1. The van der Waals surface area contributed by atoms with E-state index in [2.05, 4.69) is 9.82 Å². The lowest BCUT2D eigenvalue weighted by Crippen LogP contribution is -2.16. The van der Waals surface area contributed by atoms with E-state index in [1.807, 2.05) is 0 Å². The van der Waals surface area contributed by atoms with Crippen molar-refractivity contribution >= 4 is 27.6 Å². The van der Waals surface area contributed by atoms with Crippen LogP contribution in [-0.2, 0) is 22.9 Å². The highest BCUT2D eigenvalue weighted by Crippen LogP contribution is 2.31. The average Bonchev–Trinajstić information content (AvgIpc) is 3.37. The Kier molecular flexibility index (Phi) is 4.78. The van der Waals surface area contributed by atoms with Gasteiger partial charge in [-0.1, -0.05) is 0 Å². The topological polar surface area (TPSA) is 144 Å². The summed E-state index contributed by atoms with van der Waals surface area (Å²) in [7, 11) is -3.98. The molecule has 0 radical (unpaired) electrons. The van der Waals surface area contributed by atoms with Crippen molar-refractivity contribution < 1.29 is 23.1 Å². The second-order valence-electron chi connectivity index (χ2n) is 6.93. The van der Waals surface area contributed by atoms with Gasteiger partial charge in [0.2, 0.25) is 0 Å². The van der Waals surface area contributed by atoms with Crippen molar-refractivity contribution in [3.05, 3.63) is 71.0 Å². The van der Waals surface area contributed by atoms with Gasteiger partial charge in [-0.15, -0.1) is 0 Å². The van der Waals surface area contributed by atoms with Gasteiger partial charge in [0.25, 0.3) is 15.9 Å². The van der Waals surface area contributed by atoms with Crippen molar-refractivity contribution in [2.45, 2.75) is 24.2 Å². The van der Waals surface area contributed by atoms with Crippen LogP contribution in [0.1, 0.15) is 38.4 Å². The number of aromatic nitrogens is 2. The van der Waals surface area contributed by atoms with Gasteiger partial charge in [-0.2, -0.15) is 5.10 Å². The molecule has 0 spiro atoms. The summed E-state index contributed by atoms with van der Waals surface area (Å²) in [5.74, 6) is -1.81. The number of hydrogen-bond donors (Lipinski definition) is 3. The lowest BCUT2D eigenvalue weighted by atomic mass is 10.1. The Morgan fingerprint density at radius 1 is 1.10 bits per heavy atom. The van der Waals surface area contributed by atoms with Crippen LogP contribution in [0, 0.1) is 0 Å². The Balaban J connectivity index is 1.63. The predicted octanol–water partition coefficient (Wildman–Crippen LogP) is 1.96. The molecule has 0 atom stereocenters. The maximum absolute atomic E-state index is 13.0. The van der Waals surface area contributed by atoms with Crippen LogP contribution >= 0.6 is 0 Å². The summed E-state index contributed by atoms with van der Waals surface area (Å²) in [6.07, 6.45) is 3.60. The fourth-order valence-corrected chi connectivity index (χ4v) is 4.92. The number of carbonyl (C=O) groups is 2. The molecule has 1 amide bonds. The quantitative estimate of drug-likeness (QED) is 0.549. The molecule has 30 heavy (non-hydrogen) atoms. The van der Waals surface area contributed by atoms with Crippen molar-refractivity contribution in [3.63, 3.8) is 0 Å². The number of amides is 1. The molecule has 0 unspecified atom stereocenters.